The van der Waals surface area contributed by atoms with Gasteiger partial charge in [-0.15, -0.1) is 0 Å². The van der Waals surface area contributed by atoms with Crippen molar-refractivity contribution in [2.75, 3.05) is 0 Å². The van der Waals surface area contributed by atoms with Crippen LogP contribution >= 0.6 is 0 Å². The third-order valence-electron chi connectivity index (χ3n) is 1.42. The van der Waals surface area contributed by atoms with E-state index in [1.54, 1.807) is 0 Å². The van der Waals surface area contributed by atoms with Gasteiger partial charge in [-0.05, 0) is 12.1 Å². The molecule has 9 heavy (non-hydrogen) atoms. The normalized spacial score (nSPS) is 21.7. The molecule has 0 radical (unpaired) electrons. The van der Waals surface area contributed by atoms with Crippen LogP contribution in [-0.2, 0) is 0 Å². The van der Waals surface area contributed by atoms with E-state index >= 15 is 0 Å². The average Bonchev–Trinajstić information content (AvgIpc) is 1.86. The zero-order chi connectivity index (χ0) is 6.27. The fourth-order valence-corrected chi connectivity index (χ4v) is 0.918. The fourth-order valence-electron chi connectivity index (χ4n) is 0.918. The minimum Gasteiger partial charge on any atom is -0.460 e. The number of fused-ring (bicyclic) bond motifs is 1. The van der Waals surface area contributed by atoms with Gasteiger partial charge < -0.3 is 9.84 Å². The van der Waals surface area contributed by atoms with Crippen molar-refractivity contribution in [2.45, 2.75) is 6.29 Å². The molecule has 2 heteroatoms. The summed E-state index contributed by atoms with van der Waals surface area (Å²) in [7, 11) is 0. The number of rotatable bonds is 0. The van der Waals surface area contributed by atoms with E-state index in [1.165, 1.54) is 0 Å². The summed E-state index contributed by atoms with van der Waals surface area (Å²) in [5, 5.41) is 8.88. The second kappa shape index (κ2) is 1.48. The van der Waals surface area contributed by atoms with Gasteiger partial charge in [0.1, 0.15) is 5.75 Å². The Bertz CT molecular complexity index is 232. The van der Waals surface area contributed by atoms with Crippen molar-refractivity contribution < 1.29 is 9.84 Å². The molecule has 0 saturated carbocycles. The number of ether oxygens (including phenoxy) is 1. The first kappa shape index (κ1) is 4.82. The van der Waals surface area contributed by atoms with Crippen molar-refractivity contribution in [1.82, 2.24) is 0 Å². The molecule has 0 saturated heterocycles. The number of aliphatic hydroxyl groups excluding tert-OH is 1. The Kier molecular flexibility index (Phi) is 0.794. The van der Waals surface area contributed by atoms with Crippen LogP contribution in [0.1, 0.15) is 11.9 Å². The maximum atomic E-state index is 8.88. The highest BCUT2D eigenvalue weighted by Crippen LogP contribution is 2.36. The van der Waals surface area contributed by atoms with Crippen LogP contribution in [0, 0.1) is 0 Å². The van der Waals surface area contributed by atoms with E-state index in [-0.39, 0.29) is 0 Å². The van der Waals surface area contributed by atoms with Gasteiger partial charge in [0, 0.05) is 0 Å². The molecule has 1 aliphatic heterocycles. The van der Waals surface area contributed by atoms with E-state index in [9.17, 15) is 0 Å². The van der Waals surface area contributed by atoms with Crippen molar-refractivity contribution >= 4 is 0 Å². The van der Waals surface area contributed by atoms with Crippen LogP contribution in [0.2, 0.25) is 0 Å². The average molecular weight is 122 g/mol. The summed E-state index contributed by atoms with van der Waals surface area (Å²) in [6, 6.07) is 7.45. The molecule has 0 amide bonds. The van der Waals surface area contributed by atoms with Crippen molar-refractivity contribution in [2.24, 2.45) is 0 Å². The molecule has 0 fully saturated rings. The van der Waals surface area contributed by atoms with E-state index in [0.29, 0.717) is 0 Å². The lowest BCUT2D eigenvalue weighted by atomic mass is 10.1. The van der Waals surface area contributed by atoms with Gasteiger partial charge in [0.15, 0.2) is 0 Å². The smallest absolute Gasteiger partial charge is 0.227 e. The summed E-state index contributed by atoms with van der Waals surface area (Å²) in [5.41, 5.74) is 0.887. The molecule has 1 atom stereocenters. The van der Waals surface area contributed by atoms with E-state index in [2.05, 4.69) is 0 Å². The molecule has 0 aliphatic carbocycles. The molecule has 2 nitrogen and oxygen atoms in total. The summed E-state index contributed by atoms with van der Waals surface area (Å²) in [5.74, 6) is 0.796. The lowest BCUT2D eigenvalue weighted by molar-refractivity contribution is -0.0588. The SMILES string of the molecule is OC1Oc2ccccc21. The number of aliphatic hydroxyl groups is 1. The third kappa shape index (κ3) is 0.535. The first-order valence-electron chi connectivity index (χ1n) is 2.81. The molecule has 1 aromatic rings. The monoisotopic (exact) mass is 122 g/mol. The van der Waals surface area contributed by atoms with Crippen LogP contribution in [-0.4, -0.2) is 5.11 Å². The van der Waals surface area contributed by atoms with E-state index in [0.717, 1.165) is 11.3 Å². The Balaban J connectivity index is 2.51. The number of hydrogen-bond donors (Lipinski definition) is 1. The van der Waals surface area contributed by atoms with Gasteiger partial charge >= 0.3 is 0 Å². The van der Waals surface area contributed by atoms with Gasteiger partial charge in [-0.3, -0.25) is 0 Å². The Morgan fingerprint density at radius 1 is 1.33 bits per heavy atom. The van der Waals surface area contributed by atoms with Crippen LogP contribution in [0.3, 0.4) is 0 Å². The number of hydrogen-bond acceptors (Lipinski definition) is 2. The molecule has 1 unspecified atom stereocenters. The Morgan fingerprint density at radius 3 is 2.67 bits per heavy atom. The van der Waals surface area contributed by atoms with Crippen LogP contribution in [0.15, 0.2) is 24.3 Å². The molecule has 0 spiro atoms. The third-order valence-corrected chi connectivity index (χ3v) is 1.42. The highest BCUT2D eigenvalue weighted by molar-refractivity contribution is 5.40. The van der Waals surface area contributed by atoms with Gasteiger partial charge in [-0.1, -0.05) is 12.1 Å². The zero-order valence-corrected chi connectivity index (χ0v) is 4.74. The van der Waals surface area contributed by atoms with Crippen molar-refractivity contribution in [3.8, 4) is 5.75 Å². The van der Waals surface area contributed by atoms with Crippen molar-refractivity contribution in [3.05, 3.63) is 29.8 Å². The van der Waals surface area contributed by atoms with Crippen LogP contribution in [0.4, 0.5) is 0 Å². The van der Waals surface area contributed by atoms with Gasteiger partial charge in [0.25, 0.3) is 0 Å². The Morgan fingerprint density at radius 2 is 2.11 bits per heavy atom. The largest absolute Gasteiger partial charge is 0.460 e. The van der Waals surface area contributed by atoms with Gasteiger partial charge in [0.05, 0.1) is 5.56 Å². The quantitative estimate of drug-likeness (QED) is 0.557. The zero-order valence-electron chi connectivity index (χ0n) is 4.74. The standard InChI is InChI=1S/C7H6O2/c8-7-5-3-1-2-4-6(5)9-7/h1-4,7-8H. The molecule has 0 bridgehead atoms. The second-order valence-corrected chi connectivity index (χ2v) is 2.01. The van der Waals surface area contributed by atoms with E-state index < -0.39 is 6.29 Å². The van der Waals surface area contributed by atoms with E-state index in [1.807, 2.05) is 24.3 Å². The predicted octanol–water partition coefficient (Wildman–Crippen LogP) is 1.07. The number of para-hydroxylation sites is 1. The fraction of sp³-hybridized carbons (Fsp3) is 0.143. The Labute approximate surface area is 52.7 Å². The van der Waals surface area contributed by atoms with E-state index in [4.69, 9.17) is 9.84 Å². The summed E-state index contributed by atoms with van der Waals surface area (Å²) in [6.07, 6.45) is -0.679. The summed E-state index contributed by atoms with van der Waals surface area (Å²) in [4.78, 5) is 0. The minimum absolute atomic E-state index is 0.679. The molecular weight excluding hydrogens is 116 g/mol. The van der Waals surface area contributed by atoms with Crippen LogP contribution < -0.4 is 4.74 Å². The first-order valence-corrected chi connectivity index (χ1v) is 2.81. The van der Waals surface area contributed by atoms with Crippen LogP contribution in [0.25, 0.3) is 0 Å². The highest BCUT2D eigenvalue weighted by Gasteiger charge is 2.23. The van der Waals surface area contributed by atoms with Crippen LogP contribution in [0.5, 0.6) is 5.75 Å². The molecule has 2 rings (SSSR count). The molecule has 1 aliphatic rings. The second-order valence-electron chi connectivity index (χ2n) is 2.01. The lowest BCUT2D eigenvalue weighted by Crippen LogP contribution is -2.17. The molecule has 0 aromatic heterocycles. The first-order chi connectivity index (χ1) is 4.38. The number of benzene rings is 1. The Hall–Kier alpha value is -1.02. The molecule has 1 aromatic carbocycles. The lowest BCUT2D eigenvalue weighted by Gasteiger charge is -2.25. The van der Waals surface area contributed by atoms with Crippen molar-refractivity contribution in [3.63, 3.8) is 0 Å². The van der Waals surface area contributed by atoms with Gasteiger partial charge in [0.2, 0.25) is 6.29 Å². The maximum absolute atomic E-state index is 8.88. The minimum atomic E-state index is -0.679. The topological polar surface area (TPSA) is 29.5 Å². The molecule has 1 heterocycles. The molecule has 1 N–H and O–H groups in total. The maximum Gasteiger partial charge on any atom is 0.227 e. The predicted molar refractivity (Wildman–Crippen MR) is 32.0 cm³/mol. The van der Waals surface area contributed by atoms with Gasteiger partial charge in [-0.25, -0.2) is 0 Å². The van der Waals surface area contributed by atoms with Crippen molar-refractivity contribution in [1.29, 1.82) is 0 Å². The summed E-state index contributed by atoms with van der Waals surface area (Å²) >= 11 is 0. The molecular formula is C7H6O2. The summed E-state index contributed by atoms with van der Waals surface area (Å²) in [6.45, 7) is 0. The summed E-state index contributed by atoms with van der Waals surface area (Å²) < 4.78 is 4.84. The van der Waals surface area contributed by atoms with Gasteiger partial charge in [-0.2, -0.15) is 0 Å². The molecule has 46 valence electrons. The highest BCUT2D eigenvalue weighted by atomic mass is 16.6.